The van der Waals surface area contributed by atoms with Crippen LogP contribution in [-0.2, 0) is 16.8 Å². The number of primary amides is 1. The minimum absolute atomic E-state index is 0.0740. The molecule has 33 heavy (non-hydrogen) atoms. The number of amides is 1. The predicted octanol–water partition coefficient (Wildman–Crippen LogP) is 4.03. The quantitative estimate of drug-likeness (QED) is 0.482. The highest BCUT2D eigenvalue weighted by molar-refractivity contribution is 7.87. The van der Waals surface area contributed by atoms with Gasteiger partial charge in [0, 0.05) is 40.8 Å². The Hall–Kier alpha value is -2.14. The van der Waals surface area contributed by atoms with Gasteiger partial charge in [-0.2, -0.15) is 22.5 Å². The molecule has 1 aliphatic heterocycles. The first-order chi connectivity index (χ1) is 15.7. The van der Waals surface area contributed by atoms with Crippen molar-refractivity contribution in [1.29, 1.82) is 0 Å². The van der Waals surface area contributed by atoms with Crippen LogP contribution in [0.3, 0.4) is 0 Å². The summed E-state index contributed by atoms with van der Waals surface area (Å²) in [5.41, 5.74) is 7.41. The lowest BCUT2D eigenvalue weighted by molar-refractivity contribution is 0.0994. The SMILES string of the molecule is NC(=O)c1nn(-c2ccc(Cl)cc2Cl)c(-c2ccc(Cl)cc2)c1CNS(=O)(=O)N1CCCC1. The molecule has 0 radical (unpaired) electrons. The first-order valence-electron chi connectivity index (χ1n) is 10.0. The zero-order chi connectivity index (χ0) is 23.8. The van der Waals surface area contributed by atoms with Crippen LogP contribution in [-0.4, -0.2) is 41.5 Å². The third-order valence-electron chi connectivity index (χ3n) is 5.31. The maximum absolute atomic E-state index is 12.8. The van der Waals surface area contributed by atoms with Crippen LogP contribution < -0.4 is 10.5 Å². The average Bonchev–Trinajstić information content (AvgIpc) is 3.42. The summed E-state index contributed by atoms with van der Waals surface area (Å²) in [5, 5.41) is 5.64. The zero-order valence-electron chi connectivity index (χ0n) is 17.3. The van der Waals surface area contributed by atoms with E-state index in [1.165, 1.54) is 8.99 Å². The van der Waals surface area contributed by atoms with E-state index in [1.807, 2.05) is 0 Å². The Balaban J connectivity index is 1.87. The second kappa shape index (κ2) is 9.61. The van der Waals surface area contributed by atoms with E-state index in [9.17, 15) is 13.2 Å². The highest BCUT2D eigenvalue weighted by Gasteiger charge is 2.29. The lowest BCUT2D eigenvalue weighted by atomic mass is 10.0. The van der Waals surface area contributed by atoms with Crippen LogP contribution in [0.2, 0.25) is 15.1 Å². The summed E-state index contributed by atoms with van der Waals surface area (Å²) < 4.78 is 30.9. The lowest BCUT2D eigenvalue weighted by Gasteiger charge is -2.17. The van der Waals surface area contributed by atoms with Crippen LogP contribution in [0.1, 0.15) is 28.9 Å². The molecule has 1 saturated heterocycles. The molecule has 2 aromatic carbocycles. The van der Waals surface area contributed by atoms with Crippen molar-refractivity contribution in [3.8, 4) is 16.9 Å². The van der Waals surface area contributed by atoms with Crippen molar-refractivity contribution in [3.05, 3.63) is 68.8 Å². The number of carbonyl (C=O) groups excluding carboxylic acids is 1. The van der Waals surface area contributed by atoms with Gasteiger partial charge in [0.25, 0.3) is 16.1 Å². The molecule has 0 atom stereocenters. The third kappa shape index (κ3) is 5.03. The Bertz CT molecular complexity index is 1300. The van der Waals surface area contributed by atoms with Gasteiger partial charge in [-0.25, -0.2) is 4.68 Å². The van der Waals surface area contributed by atoms with Crippen molar-refractivity contribution >= 4 is 50.9 Å². The molecule has 0 saturated carbocycles. The Morgan fingerprint density at radius 2 is 1.67 bits per heavy atom. The molecule has 0 unspecified atom stereocenters. The first-order valence-corrected chi connectivity index (χ1v) is 12.6. The molecule has 3 N–H and O–H groups in total. The minimum Gasteiger partial charge on any atom is -0.364 e. The second-order valence-electron chi connectivity index (χ2n) is 7.49. The van der Waals surface area contributed by atoms with Gasteiger partial charge in [0.05, 0.1) is 16.4 Å². The third-order valence-corrected chi connectivity index (χ3v) is 7.65. The summed E-state index contributed by atoms with van der Waals surface area (Å²) >= 11 is 18.5. The topological polar surface area (TPSA) is 110 Å². The highest BCUT2D eigenvalue weighted by atomic mass is 35.5. The Kier molecular flexibility index (Phi) is 6.99. The van der Waals surface area contributed by atoms with E-state index < -0.39 is 16.1 Å². The molecule has 174 valence electrons. The first kappa shape index (κ1) is 24.0. The predicted molar refractivity (Wildman–Crippen MR) is 129 cm³/mol. The maximum atomic E-state index is 12.8. The summed E-state index contributed by atoms with van der Waals surface area (Å²) in [7, 11) is -3.75. The van der Waals surface area contributed by atoms with Gasteiger partial charge in [-0.3, -0.25) is 4.79 Å². The molecule has 0 spiro atoms. The summed E-state index contributed by atoms with van der Waals surface area (Å²) in [5.74, 6) is -0.801. The van der Waals surface area contributed by atoms with Crippen molar-refractivity contribution in [3.63, 3.8) is 0 Å². The van der Waals surface area contributed by atoms with Crippen LogP contribution in [0.15, 0.2) is 42.5 Å². The van der Waals surface area contributed by atoms with Crippen molar-refractivity contribution in [2.45, 2.75) is 19.4 Å². The fraction of sp³-hybridized carbons (Fsp3) is 0.238. The number of aromatic nitrogens is 2. The Labute approximate surface area is 206 Å². The van der Waals surface area contributed by atoms with Gasteiger partial charge >= 0.3 is 0 Å². The summed E-state index contributed by atoms with van der Waals surface area (Å²) in [6.07, 6.45) is 1.60. The van der Waals surface area contributed by atoms with Crippen LogP contribution in [0.4, 0.5) is 0 Å². The van der Waals surface area contributed by atoms with Crippen LogP contribution >= 0.6 is 34.8 Å². The summed E-state index contributed by atoms with van der Waals surface area (Å²) in [6.45, 7) is 0.698. The molecule has 1 fully saturated rings. The fourth-order valence-corrected chi connectivity index (χ4v) is 5.59. The number of hydrogen-bond donors (Lipinski definition) is 2. The van der Waals surface area contributed by atoms with E-state index >= 15 is 0 Å². The number of halogens is 3. The molecular formula is C21H20Cl3N5O3S. The molecule has 3 aromatic rings. The van der Waals surface area contributed by atoms with E-state index in [-0.39, 0.29) is 12.2 Å². The molecule has 4 rings (SSSR count). The molecule has 1 amide bonds. The van der Waals surface area contributed by atoms with Gasteiger partial charge in [0.15, 0.2) is 5.69 Å². The molecule has 12 heteroatoms. The van der Waals surface area contributed by atoms with Crippen LogP contribution in [0.25, 0.3) is 16.9 Å². The number of nitrogens with one attached hydrogen (secondary N) is 1. The number of benzene rings is 2. The summed E-state index contributed by atoms with van der Waals surface area (Å²) in [4.78, 5) is 12.3. The van der Waals surface area contributed by atoms with Crippen molar-refractivity contribution in [1.82, 2.24) is 18.8 Å². The monoisotopic (exact) mass is 527 g/mol. The van der Waals surface area contributed by atoms with Gasteiger partial charge in [-0.15, -0.1) is 0 Å². The molecule has 2 heterocycles. The fourth-order valence-electron chi connectivity index (χ4n) is 3.73. The maximum Gasteiger partial charge on any atom is 0.279 e. The van der Waals surface area contributed by atoms with Crippen molar-refractivity contribution in [2.24, 2.45) is 5.73 Å². The van der Waals surface area contributed by atoms with E-state index in [1.54, 1.807) is 42.5 Å². The van der Waals surface area contributed by atoms with Crippen LogP contribution in [0, 0.1) is 0 Å². The van der Waals surface area contributed by atoms with E-state index in [4.69, 9.17) is 40.5 Å². The molecule has 8 nitrogen and oxygen atoms in total. The molecule has 0 bridgehead atoms. The van der Waals surface area contributed by atoms with Gasteiger partial charge < -0.3 is 5.73 Å². The number of rotatable bonds is 7. The van der Waals surface area contributed by atoms with E-state index in [0.29, 0.717) is 50.7 Å². The number of carbonyl (C=O) groups is 1. The van der Waals surface area contributed by atoms with E-state index in [0.717, 1.165) is 12.8 Å². The Morgan fingerprint density at radius 3 is 2.27 bits per heavy atom. The largest absolute Gasteiger partial charge is 0.364 e. The molecule has 0 aliphatic carbocycles. The van der Waals surface area contributed by atoms with Gasteiger partial charge in [0.2, 0.25) is 0 Å². The number of hydrogen-bond acceptors (Lipinski definition) is 4. The summed E-state index contributed by atoms with van der Waals surface area (Å²) in [6, 6.07) is 11.7. The number of nitrogens with two attached hydrogens (primary N) is 1. The normalized spacial score (nSPS) is 14.6. The van der Waals surface area contributed by atoms with Gasteiger partial charge in [0.1, 0.15) is 0 Å². The van der Waals surface area contributed by atoms with E-state index in [2.05, 4.69) is 9.82 Å². The highest BCUT2D eigenvalue weighted by Crippen LogP contribution is 2.33. The van der Waals surface area contributed by atoms with Gasteiger partial charge in [-0.05, 0) is 43.2 Å². The molecule has 1 aromatic heterocycles. The average molecular weight is 529 g/mol. The zero-order valence-corrected chi connectivity index (χ0v) is 20.3. The van der Waals surface area contributed by atoms with Crippen molar-refractivity contribution < 1.29 is 13.2 Å². The van der Waals surface area contributed by atoms with Crippen molar-refractivity contribution in [2.75, 3.05) is 13.1 Å². The Morgan fingerprint density at radius 1 is 1.03 bits per heavy atom. The molecule has 1 aliphatic rings. The number of nitrogens with zero attached hydrogens (tertiary/aromatic N) is 3. The second-order valence-corrected chi connectivity index (χ2v) is 10.5. The van der Waals surface area contributed by atoms with Crippen LogP contribution in [0.5, 0.6) is 0 Å². The smallest absolute Gasteiger partial charge is 0.279 e. The standard InChI is InChI=1S/C21H20Cl3N5O3S/c22-14-5-3-13(4-6-14)20-16(12-26-33(31,32)28-9-1-2-10-28)19(21(25)30)27-29(20)18-8-7-15(23)11-17(18)24/h3-8,11,26H,1-2,9-10,12H2,(H2,25,30). The minimum atomic E-state index is -3.75. The lowest BCUT2D eigenvalue weighted by Crippen LogP contribution is -2.38. The van der Waals surface area contributed by atoms with Gasteiger partial charge in [-0.1, -0.05) is 46.9 Å². The molecular weight excluding hydrogens is 509 g/mol.